The molecule has 0 bridgehead atoms. The van der Waals surface area contributed by atoms with E-state index in [4.69, 9.17) is 14.5 Å². The van der Waals surface area contributed by atoms with Gasteiger partial charge in [0.1, 0.15) is 10.7 Å². The second-order valence-corrected chi connectivity index (χ2v) is 12.1. The van der Waals surface area contributed by atoms with Crippen molar-refractivity contribution in [3.8, 4) is 11.5 Å². The highest BCUT2D eigenvalue weighted by Gasteiger charge is 2.18. The zero-order valence-corrected chi connectivity index (χ0v) is 24.0. The van der Waals surface area contributed by atoms with Crippen molar-refractivity contribution in [1.29, 1.82) is 0 Å². The molecule has 6 nitrogen and oxygen atoms in total. The standard InChI is InChI=1S/C32H35N3O3S/c1-21-6-12-26(14-22(21)2)33-31(36)27-19-39-30(34-27)18-35(16-23-7-10-25(11-8-23)32(3,4)5)17-24-9-13-28-29(15-24)38-20-37-28/h6-15,19H,16-18,20H2,1-5H3,(H,33,36). The summed E-state index contributed by atoms with van der Waals surface area (Å²) in [5, 5.41) is 5.71. The Labute approximate surface area is 234 Å². The van der Waals surface area contributed by atoms with Gasteiger partial charge in [0.2, 0.25) is 6.79 Å². The fourth-order valence-corrected chi connectivity index (χ4v) is 5.34. The SMILES string of the molecule is Cc1ccc(NC(=O)c2csc(CN(Cc3ccc(C(C)(C)C)cc3)Cc3ccc4c(c3)OCO4)n2)cc1C. The molecule has 0 unspecified atom stereocenters. The summed E-state index contributed by atoms with van der Waals surface area (Å²) >= 11 is 1.51. The number of fused-ring (bicyclic) bond motifs is 1. The van der Waals surface area contributed by atoms with Crippen LogP contribution in [0.15, 0.2) is 66.0 Å². The number of ether oxygens (including phenoxy) is 2. The molecule has 4 aromatic rings. The van der Waals surface area contributed by atoms with Crippen molar-refractivity contribution < 1.29 is 14.3 Å². The maximum atomic E-state index is 12.9. The van der Waals surface area contributed by atoms with Crippen LogP contribution >= 0.6 is 11.3 Å². The molecule has 0 atom stereocenters. The molecule has 5 rings (SSSR count). The van der Waals surface area contributed by atoms with Crippen molar-refractivity contribution in [3.05, 3.63) is 105 Å². The lowest BCUT2D eigenvalue weighted by atomic mass is 9.87. The third-order valence-corrected chi connectivity index (χ3v) is 7.81. The lowest BCUT2D eigenvalue weighted by molar-refractivity contribution is 0.102. The second-order valence-electron chi connectivity index (χ2n) is 11.2. The summed E-state index contributed by atoms with van der Waals surface area (Å²) in [6, 6.07) is 20.8. The van der Waals surface area contributed by atoms with Gasteiger partial charge in [-0.2, -0.15) is 0 Å². The first-order valence-corrected chi connectivity index (χ1v) is 14.1. The minimum Gasteiger partial charge on any atom is -0.454 e. The minimum absolute atomic E-state index is 0.111. The molecular weight excluding hydrogens is 506 g/mol. The highest BCUT2D eigenvalue weighted by atomic mass is 32.1. The Hall–Kier alpha value is -3.68. The largest absolute Gasteiger partial charge is 0.454 e. The number of nitrogens with zero attached hydrogens (tertiary/aromatic N) is 2. The summed E-state index contributed by atoms with van der Waals surface area (Å²) in [5.41, 5.74) is 7.34. The number of hydrogen-bond acceptors (Lipinski definition) is 6. The topological polar surface area (TPSA) is 63.7 Å². The fourth-order valence-electron chi connectivity index (χ4n) is 4.53. The van der Waals surface area contributed by atoms with E-state index in [2.05, 4.69) is 68.2 Å². The molecule has 1 N–H and O–H groups in total. The van der Waals surface area contributed by atoms with Crippen molar-refractivity contribution in [1.82, 2.24) is 9.88 Å². The first-order valence-electron chi connectivity index (χ1n) is 13.2. The number of carbonyl (C=O) groups excluding carboxylic acids is 1. The molecule has 1 aromatic heterocycles. The molecule has 202 valence electrons. The lowest BCUT2D eigenvalue weighted by Gasteiger charge is -2.23. The number of anilines is 1. The number of aryl methyl sites for hydroxylation is 2. The van der Waals surface area contributed by atoms with E-state index in [0.717, 1.165) is 39.9 Å². The van der Waals surface area contributed by atoms with Gasteiger partial charge in [-0.25, -0.2) is 4.98 Å². The van der Waals surface area contributed by atoms with Gasteiger partial charge in [0.25, 0.3) is 5.91 Å². The summed E-state index contributed by atoms with van der Waals surface area (Å²) in [5.74, 6) is 1.37. The van der Waals surface area contributed by atoms with Crippen molar-refractivity contribution in [2.24, 2.45) is 0 Å². The van der Waals surface area contributed by atoms with Gasteiger partial charge >= 0.3 is 0 Å². The zero-order valence-electron chi connectivity index (χ0n) is 23.2. The fraction of sp³-hybridized carbons (Fsp3) is 0.312. The van der Waals surface area contributed by atoms with Crippen LogP contribution < -0.4 is 14.8 Å². The van der Waals surface area contributed by atoms with E-state index in [-0.39, 0.29) is 18.1 Å². The van der Waals surface area contributed by atoms with Crippen LogP contribution in [0.2, 0.25) is 0 Å². The van der Waals surface area contributed by atoms with E-state index in [1.807, 2.05) is 42.6 Å². The Balaban J connectivity index is 1.32. The van der Waals surface area contributed by atoms with Crippen LogP contribution in [0.25, 0.3) is 0 Å². The van der Waals surface area contributed by atoms with E-state index in [9.17, 15) is 4.79 Å². The average molecular weight is 542 g/mol. The van der Waals surface area contributed by atoms with E-state index in [1.54, 1.807) is 0 Å². The lowest BCUT2D eigenvalue weighted by Crippen LogP contribution is -2.23. The number of benzene rings is 3. The maximum Gasteiger partial charge on any atom is 0.275 e. The monoisotopic (exact) mass is 541 g/mol. The molecule has 39 heavy (non-hydrogen) atoms. The Morgan fingerprint density at radius 3 is 2.36 bits per heavy atom. The van der Waals surface area contributed by atoms with Crippen LogP contribution in [-0.4, -0.2) is 22.6 Å². The van der Waals surface area contributed by atoms with E-state index >= 15 is 0 Å². The van der Waals surface area contributed by atoms with Gasteiger partial charge in [0.05, 0.1) is 6.54 Å². The molecule has 0 spiro atoms. The predicted octanol–water partition coefficient (Wildman–Crippen LogP) is 7.24. The first kappa shape index (κ1) is 26.9. The molecule has 0 radical (unpaired) electrons. The van der Waals surface area contributed by atoms with Gasteiger partial charge in [-0.05, 0) is 71.3 Å². The highest BCUT2D eigenvalue weighted by molar-refractivity contribution is 7.09. The van der Waals surface area contributed by atoms with Crippen molar-refractivity contribution >= 4 is 22.9 Å². The molecule has 0 saturated carbocycles. The summed E-state index contributed by atoms with van der Waals surface area (Å²) in [7, 11) is 0. The minimum atomic E-state index is -0.194. The summed E-state index contributed by atoms with van der Waals surface area (Å²) in [4.78, 5) is 19.9. The maximum absolute atomic E-state index is 12.9. The van der Waals surface area contributed by atoms with Crippen LogP contribution in [0, 0.1) is 13.8 Å². The molecule has 2 heterocycles. The molecule has 1 aliphatic rings. The molecule has 1 amide bonds. The normalized spacial score (nSPS) is 12.7. The third-order valence-electron chi connectivity index (χ3n) is 6.98. The van der Waals surface area contributed by atoms with Crippen molar-refractivity contribution in [2.45, 2.75) is 59.7 Å². The molecule has 7 heteroatoms. The van der Waals surface area contributed by atoms with Gasteiger partial charge in [-0.15, -0.1) is 11.3 Å². The zero-order chi connectivity index (χ0) is 27.6. The van der Waals surface area contributed by atoms with Gasteiger partial charge in [-0.1, -0.05) is 57.2 Å². The number of hydrogen-bond donors (Lipinski definition) is 1. The van der Waals surface area contributed by atoms with Gasteiger partial charge in [0.15, 0.2) is 11.5 Å². The number of nitrogens with one attached hydrogen (secondary N) is 1. The summed E-state index contributed by atoms with van der Waals surface area (Å²) < 4.78 is 11.1. The second kappa shape index (κ2) is 11.2. The van der Waals surface area contributed by atoms with E-state index in [1.165, 1.54) is 28.0 Å². The van der Waals surface area contributed by atoms with Gasteiger partial charge in [-0.3, -0.25) is 9.69 Å². The van der Waals surface area contributed by atoms with Crippen LogP contribution in [0.1, 0.15) is 64.1 Å². The Morgan fingerprint density at radius 2 is 1.62 bits per heavy atom. The van der Waals surface area contributed by atoms with Crippen molar-refractivity contribution in [3.63, 3.8) is 0 Å². The molecule has 0 saturated heterocycles. The van der Waals surface area contributed by atoms with E-state index in [0.29, 0.717) is 18.8 Å². The van der Waals surface area contributed by atoms with Gasteiger partial charge < -0.3 is 14.8 Å². The number of amides is 1. The van der Waals surface area contributed by atoms with Crippen LogP contribution in [-0.2, 0) is 25.0 Å². The first-order chi connectivity index (χ1) is 18.6. The number of thiazole rings is 1. The molecule has 3 aromatic carbocycles. The summed E-state index contributed by atoms with van der Waals surface area (Å²) in [6.07, 6.45) is 0. The summed E-state index contributed by atoms with van der Waals surface area (Å²) in [6.45, 7) is 13.1. The smallest absolute Gasteiger partial charge is 0.275 e. The molecule has 0 aliphatic carbocycles. The molecule has 1 aliphatic heterocycles. The van der Waals surface area contributed by atoms with E-state index < -0.39 is 0 Å². The molecule has 0 fully saturated rings. The van der Waals surface area contributed by atoms with Crippen molar-refractivity contribution in [2.75, 3.05) is 12.1 Å². The Kier molecular flexibility index (Phi) is 7.73. The van der Waals surface area contributed by atoms with Gasteiger partial charge in [0, 0.05) is 24.2 Å². The quantitative estimate of drug-likeness (QED) is 0.255. The van der Waals surface area contributed by atoms with Crippen LogP contribution in [0.4, 0.5) is 5.69 Å². The predicted molar refractivity (Wildman–Crippen MR) is 157 cm³/mol. The number of aromatic nitrogens is 1. The third kappa shape index (κ3) is 6.67. The highest BCUT2D eigenvalue weighted by Crippen LogP contribution is 2.33. The number of rotatable bonds is 8. The number of carbonyl (C=O) groups is 1. The van der Waals surface area contributed by atoms with Crippen LogP contribution in [0.5, 0.6) is 11.5 Å². The Bertz CT molecular complexity index is 1470. The molecular formula is C32H35N3O3S. The Morgan fingerprint density at radius 1 is 0.897 bits per heavy atom. The average Bonchev–Trinajstić information content (AvgIpc) is 3.55. The van der Waals surface area contributed by atoms with Crippen LogP contribution in [0.3, 0.4) is 0 Å².